The number of unbranched alkanes of at least 4 members (excludes halogenated alkanes) is 13. The van der Waals surface area contributed by atoms with E-state index >= 15 is 0 Å². The Hall–Kier alpha value is -3.64. The van der Waals surface area contributed by atoms with Crippen molar-refractivity contribution in [1.29, 1.82) is 0 Å². The molecule has 0 spiro atoms. The van der Waals surface area contributed by atoms with E-state index in [0.717, 1.165) is 103 Å². The quantitative estimate of drug-likeness (QED) is 0.0264. The van der Waals surface area contributed by atoms with Gasteiger partial charge in [-0.15, -0.1) is 0 Å². The Kier molecular flexibility index (Phi) is 42.2. The molecule has 0 amide bonds. The molecule has 1 aliphatic heterocycles. The van der Waals surface area contributed by atoms with Crippen LogP contribution in [-0.4, -0.2) is 89.0 Å². The number of ether oxygens (including phenoxy) is 4. The van der Waals surface area contributed by atoms with E-state index < -0.39 is 55.4 Å². The summed E-state index contributed by atoms with van der Waals surface area (Å²) in [6.45, 7) is 3.16. The first kappa shape index (κ1) is 61.4. The average molecular weight is 937 g/mol. The number of carbonyl (C=O) groups is 2. The third-order valence-corrected chi connectivity index (χ3v) is 11.2. The fraction of sp³-hybridized carbons (Fsp3) is 0.649. The lowest BCUT2D eigenvalue weighted by Gasteiger charge is -2.39. The van der Waals surface area contributed by atoms with Gasteiger partial charge in [0.15, 0.2) is 12.4 Å². The highest BCUT2D eigenvalue weighted by Crippen LogP contribution is 2.22. The van der Waals surface area contributed by atoms with Gasteiger partial charge in [-0.2, -0.15) is 0 Å². The van der Waals surface area contributed by atoms with Crippen LogP contribution in [0.15, 0.2) is 109 Å². The van der Waals surface area contributed by atoms with Gasteiger partial charge in [0.2, 0.25) is 0 Å². The Morgan fingerprint density at radius 2 is 0.836 bits per heavy atom. The summed E-state index contributed by atoms with van der Waals surface area (Å²) in [5.74, 6) is -0.857. The van der Waals surface area contributed by atoms with Crippen LogP contribution >= 0.6 is 0 Å². The smallest absolute Gasteiger partial charge is 0.306 e. The van der Waals surface area contributed by atoms with E-state index in [-0.39, 0.29) is 26.1 Å². The molecule has 1 rings (SSSR count). The molecule has 0 aromatic heterocycles. The van der Waals surface area contributed by atoms with Gasteiger partial charge in [-0.1, -0.05) is 181 Å². The van der Waals surface area contributed by atoms with E-state index in [1.807, 2.05) is 0 Å². The molecule has 0 aliphatic carbocycles. The predicted octanol–water partition coefficient (Wildman–Crippen LogP) is 12.4. The summed E-state index contributed by atoms with van der Waals surface area (Å²) in [6.07, 6.45) is 56.6. The Balaban J connectivity index is 2.29. The van der Waals surface area contributed by atoms with Crippen molar-refractivity contribution in [3.8, 4) is 0 Å². The maximum absolute atomic E-state index is 12.8. The van der Waals surface area contributed by atoms with Crippen LogP contribution in [0.3, 0.4) is 0 Å². The molecule has 0 bridgehead atoms. The molecule has 0 radical (unpaired) electrons. The van der Waals surface area contributed by atoms with Gasteiger partial charge in [0.25, 0.3) is 0 Å². The summed E-state index contributed by atoms with van der Waals surface area (Å²) >= 11 is 0. The fourth-order valence-corrected chi connectivity index (χ4v) is 7.15. The highest BCUT2D eigenvalue weighted by Gasteiger charge is 2.44. The van der Waals surface area contributed by atoms with E-state index in [1.54, 1.807) is 0 Å². The van der Waals surface area contributed by atoms with Crippen LogP contribution in [0.2, 0.25) is 0 Å². The lowest BCUT2D eigenvalue weighted by molar-refractivity contribution is -0.305. The largest absolute Gasteiger partial charge is 0.462 e. The Morgan fingerprint density at radius 1 is 0.463 bits per heavy atom. The summed E-state index contributed by atoms with van der Waals surface area (Å²) in [7, 11) is 0. The summed E-state index contributed by atoms with van der Waals surface area (Å²) < 4.78 is 22.2. The number of esters is 2. The molecule has 0 saturated carbocycles. The molecule has 0 aromatic carbocycles. The summed E-state index contributed by atoms with van der Waals surface area (Å²) in [5, 5.41) is 40.2. The van der Waals surface area contributed by atoms with E-state index in [0.29, 0.717) is 12.8 Å². The van der Waals surface area contributed by atoms with E-state index in [1.165, 1.54) is 38.5 Å². The van der Waals surface area contributed by atoms with Crippen LogP contribution in [0, 0.1) is 0 Å². The molecule has 1 aliphatic rings. The van der Waals surface area contributed by atoms with Gasteiger partial charge < -0.3 is 39.4 Å². The predicted molar refractivity (Wildman–Crippen MR) is 274 cm³/mol. The second-order valence-electron chi connectivity index (χ2n) is 17.2. The van der Waals surface area contributed by atoms with Gasteiger partial charge in [0.1, 0.15) is 31.0 Å². The van der Waals surface area contributed by atoms with E-state index in [2.05, 4.69) is 123 Å². The molecule has 0 aromatic rings. The zero-order valence-electron chi connectivity index (χ0n) is 41.6. The van der Waals surface area contributed by atoms with Crippen LogP contribution < -0.4 is 0 Å². The first-order valence-corrected chi connectivity index (χ1v) is 26.0. The van der Waals surface area contributed by atoms with Crippen LogP contribution in [0.25, 0.3) is 0 Å². The second kappa shape index (κ2) is 46.1. The van der Waals surface area contributed by atoms with Crippen molar-refractivity contribution < 1.29 is 49.0 Å². The monoisotopic (exact) mass is 937 g/mol. The van der Waals surface area contributed by atoms with Crippen molar-refractivity contribution in [2.45, 2.75) is 218 Å². The minimum atomic E-state index is -1.61. The normalized spacial score (nSPS) is 20.0. The first-order valence-electron chi connectivity index (χ1n) is 26.0. The lowest BCUT2D eigenvalue weighted by Crippen LogP contribution is -2.59. The van der Waals surface area contributed by atoms with Crippen molar-refractivity contribution in [2.24, 2.45) is 0 Å². The van der Waals surface area contributed by atoms with Crippen molar-refractivity contribution in [2.75, 3.05) is 19.8 Å². The molecule has 6 atom stereocenters. The maximum Gasteiger partial charge on any atom is 0.306 e. The molecule has 380 valence electrons. The number of allylic oxidation sites excluding steroid dienone is 18. The molecule has 10 heteroatoms. The Morgan fingerprint density at radius 3 is 1.27 bits per heavy atom. The number of rotatable bonds is 42. The van der Waals surface area contributed by atoms with Gasteiger partial charge in [-0.3, -0.25) is 9.59 Å². The van der Waals surface area contributed by atoms with E-state index in [9.17, 15) is 30.0 Å². The number of carbonyl (C=O) groups excluding carboxylic acids is 2. The first-order chi connectivity index (χ1) is 32.8. The van der Waals surface area contributed by atoms with Gasteiger partial charge >= 0.3 is 11.9 Å². The minimum Gasteiger partial charge on any atom is -0.462 e. The third kappa shape index (κ3) is 37.0. The topological polar surface area (TPSA) is 152 Å². The highest BCUT2D eigenvalue weighted by molar-refractivity contribution is 5.70. The molecule has 6 unspecified atom stereocenters. The second-order valence-corrected chi connectivity index (χ2v) is 17.2. The van der Waals surface area contributed by atoms with Gasteiger partial charge in [-0.25, -0.2) is 0 Å². The summed E-state index contributed by atoms with van der Waals surface area (Å²) in [6, 6.07) is 0. The van der Waals surface area contributed by atoms with Crippen molar-refractivity contribution in [1.82, 2.24) is 0 Å². The molecule has 1 saturated heterocycles. The molecular formula is C57H92O10. The number of aliphatic hydroxyl groups excluding tert-OH is 4. The third-order valence-electron chi connectivity index (χ3n) is 11.2. The fourth-order valence-electron chi connectivity index (χ4n) is 7.15. The van der Waals surface area contributed by atoms with Crippen molar-refractivity contribution in [3.63, 3.8) is 0 Å². The molecular weight excluding hydrogens is 845 g/mol. The lowest BCUT2D eigenvalue weighted by atomic mass is 9.99. The molecule has 4 N–H and O–H groups in total. The average Bonchev–Trinajstić information content (AvgIpc) is 3.33. The molecule has 1 fully saturated rings. The minimum absolute atomic E-state index is 0.183. The van der Waals surface area contributed by atoms with Gasteiger partial charge in [0, 0.05) is 12.8 Å². The number of aliphatic hydroxyl groups is 4. The SMILES string of the molecule is CC/C=C\C/C=C\C/C=C\C/C=C\C/C=C\CCCCCC(=O)OC(COC(=O)CCCCCCCCCCCC/C=C\C/C=C\C/C=C\C/C=C\CC)COC1OC(CO)C(O)C(O)C1O. The molecule has 10 nitrogen and oxygen atoms in total. The summed E-state index contributed by atoms with van der Waals surface area (Å²) in [5.41, 5.74) is 0. The van der Waals surface area contributed by atoms with Crippen LogP contribution in [0.5, 0.6) is 0 Å². The highest BCUT2D eigenvalue weighted by atomic mass is 16.7. The standard InChI is InChI=1S/C57H92O10/c1-3-5-7-9-11-13-15-17-19-21-23-24-25-26-28-29-31-33-35-37-39-41-43-45-52(59)64-48-50(49-65-57-56(63)55(62)54(61)51(47-58)67-57)66-53(60)46-44-42-40-38-36-34-32-30-27-22-20-18-16-14-12-10-8-6-4-2/h5-8,11-14,17-20,23-24,27,30,34,36,50-51,54-58,61-63H,3-4,9-10,15-16,21-22,25-26,28-29,31-33,35,37-49H2,1-2H3/b7-5-,8-6-,13-11-,14-12-,19-17-,20-18-,24-23-,30-27-,36-34-. The number of hydrogen-bond donors (Lipinski definition) is 4. The van der Waals surface area contributed by atoms with E-state index in [4.69, 9.17) is 18.9 Å². The Bertz CT molecular complexity index is 1450. The van der Waals surface area contributed by atoms with Crippen LogP contribution in [0.1, 0.15) is 181 Å². The maximum atomic E-state index is 12.8. The number of hydrogen-bond acceptors (Lipinski definition) is 10. The molecule has 1 heterocycles. The van der Waals surface area contributed by atoms with Crippen molar-refractivity contribution in [3.05, 3.63) is 109 Å². The summed E-state index contributed by atoms with van der Waals surface area (Å²) in [4.78, 5) is 25.5. The Labute approximate surface area is 406 Å². The van der Waals surface area contributed by atoms with Crippen molar-refractivity contribution >= 4 is 11.9 Å². The van der Waals surface area contributed by atoms with Gasteiger partial charge in [-0.05, 0) is 96.3 Å². The van der Waals surface area contributed by atoms with Crippen LogP contribution in [0.4, 0.5) is 0 Å². The van der Waals surface area contributed by atoms with Crippen LogP contribution in [-0.2, 0) is 28.5 Å². The van der Waals surface area contributed by atoms with Gasteiger partial charge in [0.05, 0.1) is 13.2 Å². The molecule has 67 heavy (non-hydrogen) atoms. The zero-order chi connectivity index (χ0) is 48.7. The zero-order valence-corrected chi connectivity index (χ0v) is 41.6.